The van der Waals surface area contributed by atoms with Gasteiger partial charge in [0.2, 0.25) is 0 Å². The summed E-state index contributed by atoms with van der Waals surface area (Å²) in [4.78, 5) is 10.2. The fourth-order valence-corrected chi connectivity index (χ4v) is 8.07. The molecule has 4 aliphatic carbocycles. The van der Waals surface area contributed by atoms with E-state index in [-0.39, 0.29) is 11.6 Å². The Hall–Kier alpha value is -4.50. The van der Waals surface area contributed by atoms with Gasteiger partial charge in [0.05, 0.1) is 0 Å². The molecule has 0 amide bonds. The topological polar surface area (TPSA) is 36.8 Å². The van der Waals surface area contributed by atoms with Crippen LogP contribution in [0, 0.1) is 11.3 Å². The molecule has 1 heterocycles. The van der Waals surface area contributed by atoms with Crippen LogP contribution in [0.4, 0.5) is 0 Å². The largest absolute Gasteiger partial charge is 0.344 e. The van der Waals surface area contributed by atoms with E-state index < -0.39 is 0 Å². The molecule has 0 bridgehead atoms. The summed E-state index contributed by atoms with van der Waals surface area (Å²) >= 11 is 0. The van der Waals surface area contributed by atoms with Gasteiger partial charge in [-0.25, -0.2) is 9.98 Å². The molecule has 1 N–H and O–H groups in total. The van der Waals surface area contributed by atoms with Gasteiger partial charge < -0.3 is 5.32 Å². The van der Waals surface area contributed by atoms with Gasteiger partial charge in [0.1, 0.15) is 12.0 Å². The summed E-state index contributed by atoms with van der Waals surface area (Å²) in [6.07, 6.45) is 19.8. The van der Waals surface area contributed by atoms with Crippen molar-refractivity contribution < 1.29 is 0 Å². The van der Waals surface area contributed by atoms with E-state index in [0.29, 0.717) is 11.8 Å². The molecule has 3 nitrogen and oxygen atoms in total. The maximum Gasteiger partial charge on any atom is 0.159 e. The van der Waals surface area contributed by atoms with Crippen LogP contribution < -0.4 is 5.32 Å². The first-order valence-corrected chi connectivity index (χ1v) is 16.3. The Morgan fingerprint density at radius 3 is 2.55 bits per heavy atom. The van der Waals surface area contributed by atoms with Gasteiger partial charge >= 0.3 is 0 Å². The number of amidine groups is 2. The number of aliphatic imine (C=N–C) groups is 2. The molecule has 0 saturated carbocycles. The monoisotopic (exact) mass is 573 g/mol. The van der Waals surface area contributed by atoms with Crippen molar-refractivity contribution in [2.24, 2.45) is 21.3 Å². The van der Waals surface area contributed by atoms with E-state index in [1.807, 2.05) is 6.07 Å². The maximum absolute atomic E-state index is 5.16. The molecule has 0 radical (unpaired) electrons. The Morgan fingerprint density at radius 2 is 1.68 bits per heavy atom. The van der Waals surface area contributed by atoms with Crippen LogP contribution in [0.25, 0.3) is 11.1 Å². The van der Waals surface area contributed by atoms with Gasteiger partial charge in [0.15, 0.2) is 5.84 Å². The van der Waals surface area contributed by atoms with Crippen molar-refractivity contribution in [1.82, 2.24) is 5.32 Å². The highest BCUT2D eigenvalue weighted by Gasteiger charge is 2.45. The van der Waals surface area contributed by atoms with Gasteiger partial charge in [-0.1, -0.05) is 129 Å². The van der Waals surface area contributed by atoms with E-state index in [4.69, 9.17) is 9.98 Å². The Labute approximate surface area is 261 Å². The highest BCUT2D eigenvalue weighted by atomic mass is 15.2. The maximum atomic E-state index is 5.16. The fourth-order valence-electron chi connectivity index (χ4n) is 8.07. The molecular weight excluding hydrogens is 534 g/mol. The Kier molecular flexibility index (Phi) is 6.70. The lowest BCUT2D eigenvalue weighted by Gasteiger charge is -2.48. The lowest BCUT2D eigenvalue weighted by atomic mass is 9.56. The minimum absolute atomic E-state index is 0.0335. The van der Waals surface area contributed by atoms with Gasteiger partial charge in [-0.05, 0) is 77.5 Å². The SMILES string of the molecule is CC1CCCC2=C1c1ccccc1C1C=CC(c3cccc(C4=NC(C5=CCCC=C5)NC(c5ccccc5)=N4)c3)=CC21C. The third-order valence-electron chi connectivity index (χ3n) is 10.3. The predicted molar refractivity (Wildman–Crippen MR) is 184 cm³/mol. The molecular formula is C41H39N3. The molecule has 0 fully saturated rings. The van der Waals surface area contributed by atoms with E-state index in [0.717, 1.165) is 35.6 Å². The minimum atomic E-state index is -0.160. The number of benzene rings is 3. The first-order chi connectivity index (χ1) is 21.6. The molecule has 3 heteroatoms. The molecule has 3 aromatic carbocycles. The molecule has 8 rings (SSSR count). The average Bonchev–Trinajstić information content (AvgIpc) is 3.09. The van der Waals surface area contributed by atoms with Crippen molar-refractivity contribution in [2.75, 3.05) is 0 Å². The zero-order chi connectivity index (χ0) is 29.7. The second kappa shape index (κ2) is 10.9. The molecule has 44 heavy (non-hydrogen) atoms. The number of rotatable bonds is 4. The van der Waals surface area contributed by atoms with Crippen molar-refractivity contribution in [3.63, 3.8) is 0 Å². The van der Waals surface area contributed by atoms with E-state index in [9.17, 15) is 0 Å². The smallest absolute Gasteiger partial charge is 0.159 e. The number of nitrogens with one attached hydrogen (secondary N) is 1. The number of nitrogens with zero attached hydrogens (tertiary/aromatic N) is 2. The predicted octanol–water partition coefficient (Wildman–Crippen LogP) is 9.42. The van der Waals surface area contributed by atoms with Crippen molar-refractivity contribution in [3.8, 4) is 0 Å². The normalized spacial score (nSPS) is 27.2. The van der Waals surface area contributed by atoms with Crippen molar-refractivity contribution in [3.05, 3.63) is 154 Å². The Balaban J connectivity index is 1.20. The van der Waals surface area contributed by atoms with Gasteiger partial charge in [-0.2, -0.15) is 0 Å². The van der Waals surface area contributed by atoms with E-state index in [1.165, 1.54) is 47.1 Å². The number of allylic oxidation sites excluding steroid dienone is 8. The molecule has 4 atom stereocenters. The summed E-state index contributed by atoms with van der Waals surface area (Å²) in [7, 11) is 0. The van der Waals surface area contributed by atoms with Gasteiger partial charge in [-0.15, -0.1) is 0 Å². The summed E-state index contributed by atoms with van der Waals surface area (Å²) in [5.74, 6) is 2.60. The van der Waals surface area contributed by atoms with E-state index in [1.54, 1.807) is 11.1 Å². The summed E-state index contributed by atoms with van der Waals surface area (Å²) in [5, 5.41) is 3.61. The molecule has 0 aromatic heterocycles. The molecule has 218 valence electrons. The van der Waals surface area contributed by atoms with Crippen LogP contribution in [0.3, 0.4) is 0 Å². The van der Waals surface area contributed by atoms with Crippen LogP contribution in [-0.2, 0) is 0 Å². The first-order valence-electron chi connectivity index (χ1n) is 16.3. The van der Waals surface area contributed by atoms with Crippen molar-refractivity contribution >= 4 is 22.8 Å². The zero-order valence-corrected chi connectivity index (χ0v) is 25.6. The Bertz CT molecular complexity index is 1850. The van der Waals surface area contributed by atoms with Crippen LogP contribution in [-0.4, -0.2) is 17.8 Å². The van der Waals surface area contributed by atoms with Crippen molar-refractivity contribution in [1.29, 1.82) is 0 Å². The Morgan fingerprint density at radius 1 is 0.864 bits per heavy atom. The van der Waals surface area contributed by atoms with Gasteiger partial charge in [0, 0.05) is 22.5 Å². The summed E-state index contributed by atoms with van der Waals surface area (Å²) in [6, 6.07) is 28.4. The van der Waals surface area contributed by atoms with Crippen LogP contribution in [0.15, 0.2) is 136 Å². The third kappa shape index (κ3) is 4.57. The van der Waals surface area contributed by atoms with Crippen LogP contribution in [0.1, 0.15) is 79.7 Å². The highest BCUT2D eigenvalue weighted by Crippen LogP contribution is 2.59. The summed E-state index contributed by atoms with van der Waals surface area (Å²) < 4.78 is 0. The van der Waals surface area contributed by atoms with E-state index >= 15 is 0 Å². The molecule has 5 aliphatic rings. The van der Waals surface area contributed by atoms with Gasteiger partial charge in [-0.3, -0.25) is 0 Å². The molecule has 0 spiro atoms. The number of hydrogen-bond donors (Lipinski definition) is 1. The second-order valence-corrected chi connectivity index (χ2v) is 13.1. The lowest BCUT2D eigenvalue weighted by Crippen LogP contribution is -2.40. The fraction of sp³-hybridized carbons (Fsp3) is 0.268. The molecule has 3 aromatic rings. The average molecular weight is 574 g/mol. The highest BCUT2D eigenvalue weighted by molar-refractivity contribution is 6.13. The number of fused-ring (bicyclic) bond motifs is 5. The zero-order valence-electron chi connectivity index (χ0n) is 25.6. The summed E-state index contributed by atoms with van der Waals surface area (Å²) in [5.41, 5.74) is 12.0. The van der Waals surface area contributed by atoms with E-state index in [2.05, 4.69) is 128 Å². The molecule has 0 saturated heterocycles. The second-order valence-electron chi connectivity index (χ2n) is 13.1. The van der Waals surface area contributed by atoms with Crippen LogP contribution in [0.2, 0.25) is 0 Å². The van der Waals surface area contributed by atoms with Crippen molar-refractivity contribution in [2.45, 2.75) is 58.0 Å². The third-order valence-corrected chi connectivity index (χ3v) is 10.3. The lowest BCUT2D eigenvalue weighted by molar-refractivity contribution is 0.403. The van der Waals surface area contributed by atoms with Crippen LogP contribution in [0.5, 0.6) is 0 Å². The van der Waals surface area contributed by atoms with Crippen LogP contribution >= 0.6 is 0 Å². The van der Waals surface area contributed by atoms with Gasteiger partial charge in [0.25, 0.3) is 0 Å². The summed E-state index contributed by atoms with van der Waals surface area (Å²) in [6.45, 7) is 4.91. The molecule has 1 aliphatic heterocycles. The quantitative estimate of drug-likeness (QED) is 0.332. The number of hydrogen-bond acceptors (Lipinski definition) is 3. The first kappa shape index (κ1) is 27.1. The molecule has 4 unspecified atom stereocenters. The minimum Gasteiger partial charge on any atom is -0.344 e. The standard InChI is InChI=1S/C41H39N3/c1-27-13-11-22-36-37(27)34-21-10-9-20-33(34)35-24-23-32(26-41(35,36)2)30-18-12-19-31(25-30)40-43-38(28-14-5-3-6-15-28)42-39(44-40)29-16-7-4-8-17-29/h3,5-7,9-10,12,14-21,23-27,35,39H,4,8,11,13,22H2,1-2H3,(H,42,43,44).